The summed E-state index contributed by atoms with van der Waals surface area (Å²) in [6.07, 6.45) is 3.67. The lowest BCUT2D eigenvalue weighted by molar-refractivity contribution is -0.122. The average molecular weight is 330 g/mol. The predicted octanol–water partition coefficient (Wildman–Crippen LogP) is 1.58. The van der Waals surface area contributed by atoms with Gasteiger partial charge in [0.1, 0.15) is 0 Å². The fourth-order valence-electron chi connectivity index (χ4n) is 2.71. The number of amides is 1. The monoisotopic (exact) mass is 330 g/mol. The Kier molecular flexibility index (Phi) is 5.74. The van der Waals surface area contributed by atoms with Gasteiger partial charge in [-0.05, 0) is 29.1 Å². The molecule has 0 spiro atoms. The van der Waals surface area contributed by atoms with E-state index in [0.717, 1.165) is 32.7 Å². The van der Waals surface area contributed by atoms with Gasteiger partial charge in [-0.15, -0.1) is 11.3 Å². The molecule has 2 aromatic rings. The zero-order valence-electron chi connectivity index (χ0n) is 13.1. The van der Waals surface area contributed by atoms with Crippen LogP contribution in [0, 0.1) is 0 Å². The third-order valence-corrected chi connectivity index (χ3v) is 4.90. The lowest BCUT2D eigenvalue weighted by Crippen LogP contribution is -2.49. The molecule has 0 radical (unpaired) electrons. The maximum absolute atomic E-state index is 12.0. The van der Waals surface area contributed by atoms with Gasteiger partial charge in [-0.1, -0.05) is 6.07 Å². The fraction of sp³-hybridized carbons (Fsp3) is 0.412. The van der Waals surface area contributed by atoms with Crippen molar-refractivity contribution in [3.05, 3.63) is 52.5 Å². The number of hydrogen-bond donors (Lipinski definition) is 1. The molecule has 23 heavy (non-hydrogen) atoms. The van der Waals surface area contributed by atoms with E-state index >= 15 is 0 Å². The highest BCUT2D eigenvalue weighted by atomic mass is 32.1. The summed E-state index contributed by atoms with van der Waals surface area (Å²) in [4.78, 5) is 21.9. The summed E-state index contributed by atoms with van der Waals surface area (Å²) in [5.74, 6) is 0.112. The molecule has 1 saturated heterocycles. The fourth-order valence-corrected chi connectivity index (χ4v) is 3.35. The molecule has 1 amide bonds. The van der Waals surface area contributed by atoms with Crippen molar-refractivity contribution in [1.82, 2.24) is 20.1 Å². The number of nitrogens with one attached hydrogen (secondary N) is 1. The molecular formula is C17H22N4OS. The molecule has 0 saturated carbocycles. The van der Waals surface area contributed by atoms with E-state index in [-0.39, 0.29) is 5.91 Å². The zero-order chi connectivity index (χ0) is 15.9. The van der Waals surface area contributed by atoms with Gasteiger partial charge in [0.05, 0.1) is 13.1 Å². The number of nitrogens with zero attached hydrogens (tertiary/aromatic N) is 3. The van der Waals surface area contributed by atoms with E-state index in [2.05, 4.69) is 32.2 Å². The molecule has 5 nitrogen and oxygen atoms in total. The highest BCUT2D eigenvalue weighted by Crippen LogP contribution is 2.09. The number of carbonyl (C=O) groups is 1. The van der Waals surface area contributed by atoms with Crippen LogP contribution in [0.25, 0.3) is 0 Å². The smallest absolute Gasteiger partial charge is 0.234 e. The number of hydrogen-bond acceptors (Lipinski definition) is 5. The van der Waals surface area contributed by atoms with Crippen molar-refractivity contribution in [1.29, 1.82) is 0 Å². The van der Waals surface area contributed by atoms with Crippen LogP contribution in [-0.4, -0.2) is 53.4 Å². The van der Waals surface area contributed by atoms with Crippen LogP contribution in [0.2, 0.25) is 0 Å². The minimum atomic E-state index is 0.112. The van der Waals surface area contributed by atoms with Crippen LogP contribution >= 0.6 is 11.3 Å². The topological polar surface area (TPSA) is 48.5 Å². The van der Waals surface area contributed by atoms with Crippen molar-refractivity contribution in [2.75, 3.05) is 32.7 Å². The van der Waals surface area contributed by atoms with Crippen molar-refractivity contribution >= 4 is 17.2 Å². The summed E-state index contributed by atoms with van der Waals surface area (Å²) in [7, 11) is 0. The number of carbonyl (C=O) groups excluding carboxylic acids is 1. The molecule has 1 N–H and O–H groups in total. The Bertz CT molecular complexity index is 594. The number of piperazine rings is 1. The van der Waals surface area contributed by atoms with Gasteiger partial charge < -0.3 is 5.32 Å². The first-order valence-electron chi connectivity index (χ1n) is 7.92. The molecule has 122 valence electrons. The molecule has 0 bridgehead atoms. The molecular weight excluding hydrogens is 308 g/mol. The van der Waals surface area contributed by atoms with Gasteiger partial charge in [-0.2, -0.15) is 0 Å². The van der Waals surface area contributed by atoms with Crippen molar-refractivity contribution in [3.8, 4) is 0 Å². The third kappa shape index (κ3) is 5.13. The molecule has 1 aliphatic rings. The average Bonchev–Trinajstić information content (AvgIpc) is 3.09. The predicted molar refractivity (Wildman–Crippen MR) is 92.1 cm³/mol. The van der Waals surface area contributed by atoms with Crippen molar-refractivity contribution < 1.29 is 4.79 Å². The minimum Gasteiger partial charge on any atom is -0.350 e. The van der Waals surface area contributed by atoms with Gasteiger partial charge in [0.15, 0.2) is 0 Å². The van der Waals surface area contributed by atoms with Crippen LogP contribution in [0.4, 0.5) is 0 Å². The molecule has 0 atom stereocenters. The standard InChI is InChI=1S/C17H22N4OS/c22-17(19-12-16-2-1-11-23-16)14-21-9-7-20(8-10-21)13-15-3-5-18-6-4-15/h1-6,11H,7-10,12-14H2,(H,19,22). The minimum absolute atomic E-state index is 0.112. The van der Waals surface area contributed by atoms with Crippen LogP contribution in [0.1, 0.15) is 10.4 Å². The second-order valence-corrected chi connectivity index (χ2v) is 6.80. The third-order valence-electron chi connectivity index (χ3n) is 4.03. The highest BCUT2D eigenvalue weighted by molar-refractivity contribution is 7.09. The Morgan fingerprint density at radius 3 is 2.57 bits per heavy atom. The Morgan fingerprint density at radius 1 is 1.13 bits per heavy atom. The zero-order valence-corrected chi connectivity index (χ0v) is 14.0. The molecule has 6 heteroatoms. The maximum Gasteiger partial charge on any atom is 0.234 e. The molecule has 0 unspecified atom stereocenters. The van der Waals surface area contributed by atoms with E-state index in [9.17, 15) is 4.79 Å². The normalized spacial score (nSPS) is 16.3. The first-order chi connectivity index (χ1) is 11.3. The molecule has 1 aliphatic heterocycles. The number of rotatable bonds is 6. The lowest BCUT2D eigenvalue weighted by Gasteiger charge is -2.34. The summed E-state index contributed by atoms with van der Waals surface area (Å²) in [5.41, 5.74) is 1.29. The van der Waals surface area contributed by atoms with Gasteiger partial charge in [-0.25, -0.2) is 0 Å². The Balaban J connectivity index is 1.36. The molecule has 3 heterocycles. The Hall–Kier alpha value is -1.76. The SMILES string of the molecule is O=C(CN1CCN(Cc2ccncc2)CC1)NCc1cccs1. The van der Waals surface area contributed by atoms with E-state index < -0.39 is 0 Å². The number of pyridine rings is 1. The van der Waals surface area contributed by atoms with E-state index in [1.165, 1.54) is 10.4 Å². The van der Waals surface area contributed by atoms with Crippen molar-refractivity contribution in [2.45, 2.75) is 13.1 Å². The van der Waals surface area contributed by atoms with Crippen LogP contribution in [0.5, 0.6) is 0 Å². The largest absolute Gasteiger partial charge is 0.350 e. The molecule has 2 aromatic heterocycles. The second-order valence-electron chi connectivity index (χ2n) is 5.76. The van der Waals surface area contributed by atoms with E-state index in [1.807, 2.05) is 29.9 Å². The van der Waals surface area contributed by atoms with E-state index in [4.69, 9.17) is 0 Å². The van der Waals surface area contributed by atoms with Crippen molar-refractivity contribution in [2.24, 2.45) is 0 Å². The van der Waals surface area contributed by atoms with Gasteiger partial charge in [0, 0.05) is 50.0 Å². The number of aromatic nitrogens is 1. The first kappa shape index (κ1) is 16.1. The number of thiophene rings is 1. The van der Waals surface area contributed by atoms with Gasteiger partial charge in [-0.3, -0.25) is 19.6 Å². The quantitative estimate of drug-likeness (QED) is 0.874. The van der Waals surface area contributed by atoms with Gasteiger partial charge in [0.2, 0.25) is 5.91 Å². The second kappa shape index (κ2) is 8.19. The van der Waals surface area contributed by atoms with Crippen LogP contribution in [0.15, 0.2) is 42.0 Å². The summed E-state index contributed by atoms with van der Waals surface area (Å²) in [5, 5.41) is 5.02. The Morgan fingerprint density at radius 2 is 1.87 bits per heavy atom. The lowest BCUT2D eigenvalue weighted by atomic mass is 10.2. The molecule has 0 aliphatic carbocycles. The first-order valence-corrected chi connectivity index (χ1v) is 8.80. The van der Waals surface area contributed by atoms with E-state index in [0.29, 0.717) is 13.1 Å². The highest BCUT2D eigenvalue weighted by Gasteiger charge is 2.18. The summed E-state index contributed by atoms with van der Waals surface area (Å²) in [6.45, 7) is 5.98. The molecule has 1 fully saturated rings. The van der Waals surface area contributed by atoms with Gasteiger partial charge in [0.25, 0.3) is 0 Å². The van der Waals surface area contributed by atoms with Gasteiger partial charge >= 0.3 is 0 Å². The molecule has 0 aromatic carbocycles. The van der Waals surface area contributed by atoms with E-state index in [1.54, 1.807) is 11.3 Å². The molecule has 3 rings (SSSR count). The van der Waals surface area contributed by atoms with Crippen LogP contribution in [-0.2, 0) is 17.9 Å². The summed E-state index contributed by atoms with van der Waals surface area (Å²) < 4.78 is 0. The Labute approximate surface area is 140 Å². The van der Waals surface area contributed by atoms with Crippen LogP contribution in [0.3, 0.4) is 0 Å². The maximum atomic E-state index is 12.0. The van der Waals surface area contributed by atoms with Crippen LogP contribution < -0.4 is 5.32 Å². The summed E-state index contributed by atoms with van der Waals surface area (Å²) >= 11 is 1.67. The van der Waals surface area contributed by atoms with Crippen molar-refractivity contribution in [3.63, 3.8) is 0 Å². The summed E-state index contributed by atoms with van der Waals surface area (Å²) in [6, 6.07) is 8.17.